The highest BCUT2D eigenvalue weighted by Crippen LogP contribution is 2.44. The Morgan fingerprint density at radius 3 is 2.16 bits per heavy atom. The lowest BCUT2D eigenvalue weighted by Crippen LogP contribution is -2.26. The molecular formula is C26H25NO4. The maximum Gasteiger partial charge on any atom is 0.318 e. The van der Waals surface area contributed by atoms with Crippen molar-refractivity contribution in [3.63, 3.8) is 0 Å². The second-order valence-electron chi connectivity index (χ2n) is 7.66. The van der Waals surface area contributed by atoms with Crippen LogP contribution in [0, 0.1) is 0 Å². The molecule has 3 aromatic carbocycles. The maximum absolute atomic E-state index is 13.0. The van der Waals surface area contributed by atoms with Gasteiger partial charge in [-0.1, -0.05) is 68.4 Å². The molecule has 0 aliphatic carbocycles. The van der Waals surface area contributed by atoms with Crippen molar-refractivity contribution in [2.75, 3.05) is 11.9 Å². The second kappa shape index (κ2) is 9.04. The Labute approximate surface area is 182 Å². The van der Waals surface area contributed by atoms with Gasteiger partial charge in [-0.05, 0) is 36.1 Å². The first-order valence-corrected chi connectivity index (χ1v) is 10.5. The third kappa shape index (κ3) is 4.31. The van der Waals surface area contributed by atoms with Crippen LogP contribution in [0.4, 0.5) is 5.69 Å². The summed E-state index contributed by atoms with van der Waals surface area (Å²) in [5.41, 5.74) is 3.28. The highest BCUT2D eigenvalue weighted by Gasteiger charge is 2.33. The van der Waals surface area contributed by atoms with E-state index in [9.17, 15) is 9.59 Å². The van der Waals surface area contributed by atoms with E-state index in [4.69, 9.17) is 9.47 Å². The lowest BCUT2D eigenvalue weighted by Gasteiger charge is -2.26. The summed E-state index contributed by atoms with van der Waals surface area (Å²) < 4.78 is 11.4. The molecule has 1 N–H and O–H groups in total. The van der Waals surface area contributed by atoms with Crippen LogP contribution in [0.2, 0.25) is 0 Å². The molecule has 1 atom stereocenters. The van der Waals surface area contributed by atoms with Crippen molar-refractivity contribution in [3.8, 4) is 11.5 Å². The number of anilines is 1. The van der Waals surface area contributed by atoms with Gasteiger partial charge in [0.05, 0.1) is 0 Å². The molecule has 31 heavy (non-hydrogen) atoms. The minimum atomic E-state index is -0.638. The van der Waals surface area contributed by atoms with Crippen LogP contribution < -0.4 is 10.1 Å². The fourth-order valence-electron chi connectivity index (χ4n) is 3.83. The molecule has 0 saturated carbocycles. The number of carbonyl (C=O) groups is 2. The summed E-state index contributed by atoms with van der Waals surface area (Å²) in [5.74, 6) is 0.0760. The number of carbonyl (C=O) groups excluding carboxylic acids is 2. The largest absolute Gasteiger partial charge is 0.457 e. The molecule has 1 aliphatic rings. The summed E-state index contributed by atoms with van der Waals surface area (Å²) in [6.07, 6.45) is 0.963. The zero-order chi connectivity index (χ0) is 21.8. The number of para-hydroxylation sites is 3. The van der Waals surface area contributed by atoms with Crippen LogP contribution in [-0.2, 0) is 14.3 Å². The van der Waals surface area contributed by atoms with Crippen LogP contribution in [0.3, 0.4) is 0 Å². The molecule has 1 amide bonds. The minimum absolute atomic E-state index is 0.314. The normalized spacial score (nSPS) is 13.4. The molecule has 1 unspecified atom stereocenters. The minimum Gasteiger partial charge on any atom is -0.457 e. The molecule has 0 radical (unpaired) electrons. The van der Waals surface area contributed by atoms with E-state index >= 15 is 0 Å². The van der Waals surface area contributed by atoms with E-state index in [0.717, 1.165) is 28.8 Å². The third-order valence-electron chi connectivity index (χ3n) is 5.64. The Kier molecular flexibility index (Phi) is 6.03. The number of benzene rings is 3. The number of rotatable bonds is 6. The molecule has 0 spiro atoms. The van der Waals surface area contributed by atoms with Crippen LogP contribution in [0.1, 0.15) is 48.8 Å². The van der Waals surface area contributed by atoms with Gasteiger partial charge in [0.25, 0.3) is 5.91 Å². The molecule has 1 aliphatic heterocycles. The number of ether oxygens (including phenoxy) is 2. The summed E-state index contributed by atoms with van der Waals surface area (Å²) in [5, 5.41) is 2.88. The van der Waals surface area contributed by atoms with Gasteiger partial charge in [0.1, 0.15) is 17.4 Å². The SMILES string of the molecule is CCC(C)c1ccccc1NC(=O)COC(=O)C1c2ccccc2Oc2ccccc21. The van der Waals surface area contributed by atoms with Gasteiger partial charge in [0.2, 0.25) is 0 Å². The lowest BCUT2D eigenvalue weighted by atomic mass is 9.88. The monoisotopic (exact) mass is 415 g/mol. The van der Waals surface area contributed by atoms with E-state index in [0.29, 0.717) is 17.4 Å². The fourth-order valence-corrected chi connectivity index (χ4v) is 3.83. The molecule has 5 nitrogen and oxygen atoms in total. The van der Waals surface area contributed by atoms with Crippen molar-refractivity contribution in [1.29, 1.82) is 0 Å². The van der Waals surface area contributed by atoms with Crippen LogP contribution in [0.5, 0.6) is 11.5 Å². The Bertz CT molecular complexity index is 1060. The van der Waals surface area contributed by atoms with Gasteiger partial charge in [0, 0.05) is 16.8 Å². The second-order valence-corrected chi connectivity index (χ2v) is 7.66. The first-order chi connectivity index (χ1) is 15.1. The number of esters is 1. The van der Waals surface area contributed by atoms with E-state index in [2.05, 4.69) is 19.2 Å². The third-order valence-corrected chi connectivity index (χ3v) is 5.64. The molecule has 5 heteroatoms. The van der Waals surface area contributed by atoms with Gasteiger partial charge >= 0.3 is 5.97 Å². The smallest absolute Gasteiger partial charge is 0.318 e. The molecular weight excluding hydrogens is 390 g/mol. The number of hydrogen-bond donors (Lipinski definition) is 1. The van der Waals surface area contributed by atoms with Gasteiger partial charge < -0.3 is 14.8 Å². The van der Waals surface area contributed by atoms with Crippen molar-refractivity contribution in [2.24, 2.45) is 0 Å². The number of amides is 1. The first-order valence-electron chi connectivity index (χ1n) is 10.5. The molecule has 0 saturated heterocycles. The molecule has 0 aromatic heterocycles. The Balaban J connectivity index is 1.48. The zero-order valence-electron chi connectivity index (χ0n) is 17.6. The standard InChI is InChI=1S/C26H25NO4/c1-3-17(2)18-10-4-7-13-21(18)27-24(28)16-30-26(29)25-19-11-5-8-14-22(19)31-23-15-9-6-12-20(23)25/h4-15,17,25H,3,16H2,1-2H3,(H,27,28). The van der Waals surface area contributed by atoms with Gasteiger partial charge in [-0.25, -0.2) is 0 Å². The van der Waals surface area contributed by atoms with Crippen molar-refractivity contribution < 1.29 is 19.1 Å². The van der Waals surface area contributed by atoms with Crippen molar-refractivity contribution in [2.45, 2.75) is 32.1 Å². The lowest BCUT2D eigenvalue weighted by molar-refractivity contribution is -0.148. The van der Waals surface area contributed by atoms with Gasteiger partial charge in [-0.2, -0.15) is 0 Å². The maximum atomic E-state index is 13.0. The van der Waals surface area contributed by atoms with Gasteiger partial charge in [-0.3, -0.25) is 9.59 Å². The van der Waals surface area contributed by atoms with Gasteiger partial charge in [-0.15, -0.1) is 0 Å². The predicted octanol–water partition coefficient (Wildman–Crippen LogP) is 5.62. The number of fused-ring (bicyclic) bond motifs is 2. The molecule has 0 fully saturated rings. The Hall–Kier alpha value is -3.60. The van der Waals surface area contributed by atoms with E-state index in [1.165, 1.54) is 0 Å². The molecule has 4 rings (SSSR count). The topological polar surface area (TPSA) is 64.6 Å². The molecule has 158 valence electrons. The molecule has 3 aromatic rings. The Morgan fingerprint density at radius 1 is 0.935 bits per heavy atom. The zero-order valence-corrected chi connectivity index (χ0v) is 17.6. The quantitative estimate of drug-likeness (QED) is 0.531. The van der Waals surface area contributed by atoms with Gasteiger partial charge in [0.15, 0.2) is 6.61 Å². The summed E-state index contributed by atoms with van der Waals surface area (Å²) in [4.78, 5) is 25.6. The Morgan fingerprint density at radius 2 is 1.52 bits per heavy atom. The van der Waals surface area contributed by atoms with E-state index < -0.39 is 11.9 Å². The van der Waals surface area contributed by atoms with Crippen LogP contribution in [0.15, 0.2) is 72.8 Å². The summed E-state index contributed by atoms with van der Waals surface area (Å²) in [6.45, 7) is 3.87. The van der Waals surface area contributed by atoms with Crippen LogP contribution in [0.25, 0.3) is 0 Å². The summed E-state index contributed by atoms with van der Waals surface area (Å²) >= 11 is 0. The van der Waals surface area contributed by atoms with E-state index in [-0.39, 0.29) is 12.5 Å². The average molecular weight is 415 g/mol. The summed E-state index contributed by atoms with van der Waals surface area (Å²) in [6, 6.07) is 22.5. The fraction of sp³-hybridized carbons (Fsp3) is 0.231. The van der Waals surface area contributed by atoms with Crippen LogP contribution >= 0.6 is 0 Å². The molecule has 1 heterocycles. The highest BCUT2D eigenvalue weighted by atomic mass is 16.5. The molecule has 0 bridgehead atoms. The van der Waals surface area contributed by atoms with Crippen LogP contribution in [-0.4, -0.2) is 18.5 Å². The highest BCUT2D eigenvalue weighted by molar-refractivity contribution is 5.94. The first kappa shape index (κ1) is 20.7. The van der Waals surface area contributed by atoms with Crippen molar-refractivity contribution in [3.05, 3.63) is 89.5 Å². The predicted molar refractivity (Wildman–Crippen MR) is 120 cm³/mol. The van der Waals surface area contributed by atoms with Crippen molar-refractivity contribution in [1.82, 2.24) is 0 Å². The van der Waals surface area contributed by atoms with E-state index in [1.807, 2.05) is 72.8 Å². The summed E-state index contributed by atoms with van der Waals surface area (Å²) in [7, 11) is 0. The number of nitrogens with one attached hydrogen (secondary N) is 1. The van der Waals surface area contributed by atoms with Crippen molar-refractivity contribution >= 4 is 17.6 Å². The average Bonchev–Trinajstić information content (AvgIpc) is 2.80. The van der Waals surface area contributed by atoms with E-state index in [1.54, 1.807) is 0 Å². The number of hydrogen-bond acceptors (Lipinski definition) is 4.